The molecule has 15 heavy (non-hydrogen) atoms. The Labute approximate surface area is 87.9 Å². The van der Waals surface area contributed by atoms with Gasteiger partial charge in [-0.05, 0) is 31.5 Å². The molecule has 1 atom stereocenters. The molecule has 0 saturated carbocycles. The second kappa shape index (κ2) is 4.29. The number of rotatable bonds is 4. The fourth-order valence-electron chi connectivity index (χ4n) is 1.18. The van der Waals surface area contributed by atoms with Crippen molar-refractivity contribution in [1.29, 1.82) is 0 Å². The summed E-state index contributed by atoms with van der Waals surface area (Å²) < 4.78 is 12.9. The summed E-state index contributed by atoms with van der Waals surface area (Å²) in [5.41, 5.74) is -0.588. The number of hydrogen-bond donors (Lipinski definition) is 2. The van der Waals surface area contributed by atoms with Crippen LogP contribution in [0.2, 0.25) is 0 Å². The zero-order valence-electron chi connectivity index (χ0n) is 8.75. The van der Waals surface area contributed by atoms with Crippen LogP contribution in [-0.2, 0) is 4.79 Å². The van der Waals surface area contributed by atoms with Crippen LogP contribution in [-0.4, -0.2) is 16.6 Å². The van der Waals surface area contributed by atoms with Gasteiger partial charge in [0.05, 0.1) is 0 Å². The minimum atomic E-state index is -1.06. The van der Waals surface area contributed by atoms with Crippen molar-refractivity contribution in [3.8, 4) is 0 Å². The molecule has 0 radical (unpaired) electrons. The van der Waals surface area contributed by atoms with E-state index in [9.17, 15) is 9.18 Å². The number of anilines is 1. The molecule has 0 aliphatic rings. The lowest BCUT2D eigenvalue weighted by atomic mass is 9.99. The van der Waals surface area contributed by atoms with Gasteiger partial charge in [0.25, 0.3) is 0 Å². The van der Waals surface area contributed by atoms with E-state index in [2.05, 4.69) is 5.32 Å². The molecule has 4 heteroatoms. The van der Waals surface area contributed by atoms with Crippen molar-refractivity contribution in [1.82, 2.24) is 0 Å². The summed E-state index contributed by atoms with van der Waals surface area (Å²) in [5.74, 6) is -1.34. The van der Waals surface area contributed by atoms with Crippen LogP contribution in [0, 0.1) is 5.82 Å². The van der Waals surface area contributed by atoms with Crippen LogP contribution in [0.3, 0.4) is 0 Å². The molecule has 0 aliphatic carbocycles. The van der Waals surface area contributed by atoms with Crippen LogP contribution in [0.25, 0.3) is 0 Å². The van der Waals surface area contributed by atoms with Gasteiger partial charge in [0, 0.05) is 5.69 Å². The summed E-state index contributed by atoms with van der Waals surface area (Å²) in [6, 6.07) is 5.77. The average molecular weight is 211 g/mol. The SMILES string of the molecule is CCC(C)(Nc1cccc(F)c1)C(=O)O. The standard InChI is InChI=1S/C11H14FNO2/c1-3-11(2,10(14)15)13-9-6-4-5-8(12)7-9/h4-7,13H,3H2,1-2H3,(H,14,15). The Morgan fingerprint density at radius 1 is 1.60 bits per heavy atom. The summed E-state index contributed by atoms with van der Waals surface area (Å²) in [5, 5.41) is 11.8. The van der Waals surface area contributed by atoms with Crippen LogP contribution < -0.4 is 5.32 Å². The van der Waals surface area contributed by atoms with E-state index in [1.807, 2.05) is 0 Å². The van der Waals surface area contributed by atoms with E-state index in [0.29, 0.717) is 12.1 Å². The van der Waals surface area contributed by atoms with E-state index >= 15 is 0 Å². The lowest BCUT2D eigenvalue weighted by Gasteiger charge is -2.25. The predicted molar refractivity (Wildman–Crippen MR) is 56.4 cm³/mol. The van der Waals surface area contributed by atoms with Crippen LogP contribution in [0.15, 0.2) is 24.3 Å². The maximum atomic E-state index is 12.9. The second-order valence-electron chi connectivity index (χ2n) is 3.63. The second-order valence-corrected chi connectivity index (χ2v) is 3.63. The number of carboxylic acid groups (broad SMARTS) is 1. The lowest BCUT2D eigenvalue weighted by molar-refractivity contribution is -0.141. The van der Waals surface area contributed by atoms with E-state index in [-0.39, 0.29) is 5.82 Å². The number of hydrogen-bond acceptors (Lipinski definition) is 2. The lowest BCUT2D eigenvalue weighted by Crippen LogP contribution is -2.42. The topological polar surface area (TPSA) is 49.3 Å². The highest BCUT2D eigenvalue weighted by molar-refractivity contribution is 5.82. The van der Waals surface area contributed by atoms with Crippen molar-refractivity contribution in [3.63, 3.8) is 0 Å². The molecule has 1 rings (SSSR count). The summed E-state index contributed by atoms with van der Waals surface area (Å²) in [6.07, 6.45) is 0.416. The first-order valence-corrected chi connectivity index (χ1v) is 4.75. The molecule has 0 saturated heterocycles. The minimum absolute atomic E-state index is 0.385. The Morgan fingerprint density at radius 3 is 2.73 bits per heavy atom. The van der Waals surface area contributed by atoms with Crippen molar-refractivity contribution in [3.05, 3.63) is 30.1 Å². The Hall–Kier alpha value is -1.58. The third-order valence-electron chi connectivity index (χ3n) is 2.42. The van der Waals surface area contributed by atoms with Gasteiger partial charge in [-0.2, -0.15) is 0 Å². The van der Waals surface area contributed by atoms with Gasteiger partial charge in [0.2, 0.25) is 0 Å². The van der Waals surface area contributed by atoms with Gasteiger partial charge in [0.15, 0.2) is 0 Å². The number of halogens is 1. The van der Waals surface area contributed by atoms with Crippen LogP contribution in [0.5, 0.6) is 0 Å². The highest BCUT2D eigenvalue weighted by Gasteiger charge is 2.30. The fourth-order valence-corrected chi connectivity index (χ4v) is 1.18. The van der Waals surface area contributed by atoms with Crippen LogP contribution >= 0.6 is 0 Å². The fraction of sp³-hybridized carbons (Fsp3) is 0.364. The van der Waals surface area contributed by atoms with Crippen molar-refractivity contribution in [2.75, 3.05) is 5.32 Å². The molecule has 0 spiro atoms. The molecular weight excluding hydrogens is 197 g/mol. The maximum absolute atomic E-state index is 12.9. The zero-order chi connectivity index (χ0) is 11.5. The van der Waals surface area contributed by atoms with Gasteiger partial charge < -0.3 is 10.4 Å². The number of carboxylic acids is 1. The van der Waals surface area contributed by atoms with E-state index in [1.54, 1.807) is 19.9 Å². The summed E-state index contributed by atoms with van der Waals surface area (Å²) in [4.78, 5) is 11.0. The molecular formula is C11H14FNO2. The molecule has 0 fully saturated rings. The number of carbonyl (C=O) groups is 1. The molecule has 0 amide bonds. The molecule has 3 nitrogen and oxygen atoms in total. The van der Waals surface area contributed by atoms with E-state index in [4.69, 9.17) is 5.11 Å². The Balaban J connectivity index is 2.89. The first-order chi connectivity index (χ1) is 6.98. The maximum Gasteiger partial charge on any atom is 0.329 e. The molecule has 0 aliphatic heterocycles. The first kappa shape index (κ1) is 11.5. The van der Waals surface area contributed by atoms with Gasteiger partial charge in [0.1, 0.15) is 11.4 Å². The number of benzene rings is 1. The van der Waals surface area contributed by atoms with Crippen molar-refractivity contribution in [2.24, 2.45) is 0 Å². The van der Waals surface area contributed by atoms with Gasteiger partial charge in [-0.15, -0.1) is 0 Å². The molecule has 2 N–H and O–H groups in total. The monoisotopic (exact) mass is 211 g/mol. The molecule has 1 aromatic carbocycles. The smallest absolute Gasteiger partial charge is 0.329 e. The van der Waals surface area contributed by atoms with Crippen molar-refractivity contribution < 1.29 is 14.3 Å². The quantitative estimate of drug-likeness (QED) is 0.804. The van der Waals surface area contributed by atoms with Crippen LogP contribution in [0.4, 0.5) is 10.1 Å². The molecule has 0 aromatic heterocycles. The summed E-state index contributed by atoms with van der Waals surface area (Å²) in [7, 11) is 0. The summed E-state index contributed by atoms with van der Waals surface area (Å²) >= 11 is 0. The van der Waals surface area contributed by atoms with Gasteiger partial charge in [-0.1, -0.05) is 13.0 Å². The molecule has 0 heterocycles. The number of nitrogens with one attached hydrogen (secondary N) is 1. The van der Waals surface area contributed by atoms with E-state index < -0.39 is 11.5 Å². The summed E-state index contributed by atoms with van der Waals surface area (Å²) in [6.45, 7) is 3.33. The largest absolute Gasteiger partial charge is 0.480 e. The van der Waals surface area contributed by atoms with E-state index in [0.717, 1.165) is 0 Å². The van der Waals surface area contributed by atoms with Crippen molar-refractivity contribution in [2.45, 2.75) is 25.8 Å². The molecule has 82 valence electrons. The third-order valence-corrected chi connectivity index (χ3v) is 2.42. The van der Waals surface area contributed by atoms with E-state index in [1.165, 1.54) is 18.2 Å². The van der Waals surface area contributed by atoms with Gasteiger partial charge in [-0.3, -0.25) is 0 Å². The van der Waals surface area contributed by atoms with Gasteiger partial charge >= 0.3 is 5.97 Å². The first-order valence-electron chi connectivity index (χ1n) is 4.75. The Kier molecular flexibility index (Phi) is 3.29. The third kappa shape index (κ3) is 2.68. The van der Waals surface area contributed by atoms with Crippen molar-refractivity contribution >= 4 is 11.7 Å². The normalized spacial score (nSPS) is 14.3. The highest BCUT2D eigenvalue weighted by atomic mass is 19.1. The predicted octanol–water partition coefficient (Wildman–Crippen LogP) is 2.49. The van der Waals surface area contributed by atoms with Crippen LogP contribution in [0.1, 0.15) is 20.3 Å². The number of aliphatic carboxylic acids is 1. The molecule has 1 unspecified atom stereocenters. The minimum Gasteiger partial charge on any atom is -0.480 e. The molecule has 0 bridgehead atoms. The van der Waals surface area contributed by atoms with Gasteiger partial charge in [-0.25, -0.2) is 9.18 Å². The zero-order valence-corrected chi connectivity index (χ0v) is 8.75. The Bertz CT molecular complexity index is 367. The molecule has 1 aromatic rings. The highest BCUT2D eigenvalue weighted by Crippen LogP contribution is 2.19. The Morgan fingerprint density at radius 2 is 2.27 bits per heavy atom. The average Bonchev–Trinajstić information content (AvgIpc) is 2.17.